The molecule has 0 aromatic carbocycles. The van der Waals surface area contributed by atoms with Crippen LogP contribution in [-0.2, 0) is 28.5 Å². The van der Waals surface area contributed by atoms with Gasteiger partial charge in [-0.3, -0.25) is 9.59 Å². The van der Waals surface area contributed by atoms with Crippen LogP contribution in [0.2, 0.25) is 0 Å². The van der Waals surface area contributed by atoms with Gasteiger partial charge in [-0.1, -0.05) is 0 Å². The second-order valence-electron chi connectivity index (χ2n) is 11.3. The van der Waals surface area contributed by atoms with E-state index >= 15 is 0 Å². The molecule has 2 aliphatic heterocycles. The minimum atomic E-state index is -0.809. The van der Waals surface area contributed by atoms with E-state index < -0.39 is 65.3 Å². The second kappa shape index (κ2) is 12.5. The number of ether oxygens (including phenoxy) is 4. The van der Waals surface area contributed by atoms with Crippen molar-refractivity contribution in [1.29, 1.82) is 0 Å². The van der Waals surface area contributed by atoms with E-state index in [2.05, 4.69) is 10.6 Å². The van der Waals surface area contributed by atoms with Crippen LogP contribution in [0.1, 0.15) is 55.4 Å². The van der Waals surface area contributed by atoms with Gasteiger partial charge in [0, 0.05) is 26.2 Å². The van der Waals surface area contributed by atoms with Crippen molar-refractivity contribution in [2.75, 3.05) is 39.4 Å². The van der Waals surface area contributed by atoms with Crippen LogP contribution in [0.5, 0.6) is 0 Å². The number of carbonyl (C=O) groups excluding carboxylic acids is 5. The van der Waals surface area contributed by atoms with Crippen molar-refractivity contribution < 1.29 is 42.9 Å². The molecule has 0 radical (unpaired) electrons. The Labute approximate surface area is 223 Å². The first-order valence-electron chi connectivity index (χ1n) is 12.9. The van der Waals surface area contributed by atoms with Crippen molar-refractivity contribution in [3.05, 3.63) is 0 Å². The van der Waals surface area contributed by atoms with Gasteiger partial charge in [-0.2, -0.15) is 0 Å². The average Bonchev–Trinajstić information content (AvgIpc) is 3.36. The average molecular weight is 543 g/mol. The van der Waals surface area contributed by atoms with Gasteiger partial charge in [-0.15, -0.1) is 0 Å². The molecule has 38 heavy (non-hydrogen) atoms. The van der Waals surface area contributed by atoms with Crippen molar-refractivity contribution in [2.24, 2.45) is 11.8 Å². The maximum Gasteiger partial charge on any atom is 0.410 e. The van der Waals surface area contributed by atoms with Gasteiger partial charge >= 0.3 is 30.2 Å². The molecule has 0 aliphatic carbocycles. The van der Waals surface area contributed by atoms with Crippen LogP contribution < -0.4 is 10.6 Å². The summed E-state index contributed by atoms with van der Waals surface area (Å²) >= 11 is 0. The fraction of sp³-hybridized carbons (Fsp3) is 0.800. The van der Waals surface area contributed by atoms with Crippen LogP contribution in [0.3, 0.4) is 0 Å². The molecule has 2 N–H and O–H groups in total. The maximum absolute atomic E-state index is 13.0. The van der Waals surface area contributed by atoms with E-state index in [-0.39, 0.29) is 39.4 Å². The number of esters is 2. The molecule has 2 aliphatic rings. The fourth-order valence-electron chi connectivity index (χ4n) is 4.21. The summed E-state index contributed by atoms with van der Waals surface area (Å²) in [6, 6.07) is -2.18. The molecule has 13 heteroatoms. The molecule has 2 rings (SSSR count). The molecule has 2 saturated heterocycles. The lowest BCUT2D eigenvalue weighted by atomic mass is 10.0. The summed E-state index contributed by atoms with van der Waals surface area (Å²) in [7, 11) is 0. The minimum Gasteiger partial charge on any atom is -0.466 e. The molecule has 2 heterocycles. The number of nitrogens with zero attached hydrogens (tertiary/aromatic N) is 2. The molecule has 4 atom stereocenters. The van der Waals surface area contributed by atoms with Crippen LogP contribution >= 0.6 is 0 Å². The molecule has 0 saturated carbocycles. The summed E-state index contributed by atoms with van der Waals surface area (Å²) in [5.41, 5.74) is -1.46. The monoisotopic (exact) mass is 542 g/mol. The number of hydrogen-bond acceptors (Lipinski definition) is 9. The quantitative estimate of drug-likeness (QED) is 0.378. The molecular formula is C25H42N4O9. The predicted octanol–water partition coefficient (Wildman–Crippen LogP) is 1.88. The molecule has 13 nitrogen and oxygen atoms in total. The zero-order chi connectivity index (χ0) is 28.8. The van der Waals surface area contributed by atoms with Crippen LogP contribution in [0, 0.1) is 11.8 Å². The smallest absolute Gasteiger partial charge is 0.410 e. The van der Waals surface area contributed by atoms with Crippen LogP contribution in [-0.4, -0.2) is 103 Å². The van der Waals surface area contributed by atoms with Crippen molar-refractivity contribution in [3.8, 4) is 0 Å². The lowest BCUT2D eigenvalue weighted by Crippen LogP contribution is -2.53. The van der Waals surface area contributed by atoms with Crippen LogP contribution in [0.15, 0.2) is 0 Å². The van der Waals surface area contributed by atoms with Gasteiger partial charge in [-0.05, 0) is 55.4 Å². The van der Waals surface area contributed by atoms with E-state index in [4.69, 9.17) is 18.9 Å². The topological polar surface area (TPSA) is 153 Å². The highest BCUT2D eigenvalue weighted by atomic mass is 16.6. The number of nitrogens with one attached hydrogen (secondary N) is 2. The molecule has 4 amide bonds. The van der Waals surface area contributed by atoms with Crippen molar-refractivity contribution in [3.63, 3.8) is 0 Å². The Morgan fingerprint density at radius 3 is 1.29 bits per heavy atom. The third kappa shape index (κ3) is 8.95. The zero-order valence-electron chi connectivity index (χ0n) is 23.6. The summed E-state index contributed by atoms with van der Waals surface area (Å²) in [5.74, 6) is -2.72. The van der Waals surface area contributed by atoms with Gasteiger partial charge in [0.1, 0.15) is 11.2 Å². The first kappa shape index (κ1) is 31.0. The number of urea groups is 1. The minimum absolute atomic E-state index is 0.0139. The third-order valence-corrected chi connectivity index (χ3v) is 5.75. The highest BCUT2D eigenvalue weighted by Crippen LogP contribution is 2.24. The summed E-state index contributed by atoms with van der Waals surface area (Å²) in [6.07, 6.45) is -1.22. The molecule has 0 unspecified atom stereocenters. The highest BCUT2D eigenvalue weighted by molar-refractivity contribution is 5.82. The molecular weight excluding hydrogens is 500 g/mol. The summed E-state index contributed by atoms with van der Waals surface area (Å²) < 4.78 is 21.1. The third-order valence-electron chi connectivity index (χ3n) is 5.75. The Balaban J connectivity index is 2.13. The molecule has 216 valence electrons. The van der Waals surface area contributed by atoms with Crippen LogP contribution in [0.25, 0.3) is 0 Å². The largest absolute Gasteiger partial charge is 0.466 e. The van der Waals surface area contributed by atoms with Gasteiger partial charge < -0.3 is 39.4 Å². The Bertz CT molecular complexity index is 826. The summed E-state index contributed by atoms with van der Waals surface area (Å²) in [4.78, 5) is 66.1. The van der Waals surface area contributed by atoms with Crippen molar-refractivity contribution in [1.82, 2.24) is 20.4 Å². The summed E-state index contributed by atoms with van der Waals surface area (Å²) in [6.45, 7) is 14.1. The van der Waals surface area contributed by atoms with Crippen molar-refractivity contribution in [2.45, 2.75) is 78.7 Å². The maximum atomic E-state index is 13.0. The Morgan fingerprint density at radius 2 is 1.00 bits per heavy atom. The van der Waals surface area contributed by atoms with Gasteiger partial charge in [-0.25, -0.2) is 14.4 Å². The predicted molar refractivity (Wildman–Crippen MR) is 135 cm³/mol. The molecule has 0 aromatic heterocycles. The Hall–Kier alpha value is -3.25. The van der Waals surface area contributed by atoms with Gasteiger partial charge in [0.25, 0.3) is 0 Å². The fourth-order valence-corrected chi connectivity index (χ4v) is 4.21. The van der Waals surface area contributed by atoms with E-state index in [1.165, 1.54) is 9.80 Å². The summed E-state index contributed by atoms with van der Waals surface area (Å²) in [5, 5.41) is 5.46. The molecule has 2 fully saturated rings. The van der Waals surface area contributed by atoms with E-state index in [0.717, 1.165) is 0 Å². The number of amides is 4. The second-order valence-corrected chi connectivity index (χ2v) is 11.3. The van der Waals surface area contributed by atoms with E-state index in [9.17, 15) is 24.0 Å². The Kier molecular flexibility index (Phi) is 10.2. The lowest BCUT2D eigenvalue weighted by molar-refractivity contribution is -0.148. The van der Waals surface area contributed by atoms with Crippen LogP contribution in [0.4, 0.5) is 14.4 Å². The molecule has 0 aromatic rings. The number of likely N-dealkylation sites (tertiary alicyclic amines) is 2. The first-order valence-corrected chi connectivity index (χ1v) is 12.9. The zero-order valence-corrected chi connectivity index (χ0v) is 23.6. The van der Waals surface area contributed by atoms with E-state index in [1.807, 2.05) is 0 Å². The number of hydrogen-bond donors (Lipinski definition) is 2. The van der Waals surface area contributed by atoms with Gasteiger partial charge in [0.2, 0.25) is 0 Å². The SMILES string of the molecule is CCOC(=O)[C@@H]1CN(C(=O)OC(C)(C)C)C[C@@H]1NC(=O)N[C@H]1CN(C(=O)OC(C)(C)C)C[C@H]1C(=O)OCC. The molecule has 0 spiro atoms. The van der Waals surface area contributed by atoms with Gasteiger partial charge in [0.05, 0.1) is 37.1 Å². The first-order chi connectivity index (χ1) is 17.5. The highest BCUT2D eigenvalue weighted by Gasteiger charge is 2.45. The normalized spacial score (nSPS) is 23.5. The Morgan fingerprint density at radius 1 is 0.658 bits per heavy atom. The standard InChI is InChI=1S/C25H42N4O9/c1-9-35-19(30)15-11-28(22(33)37-24(3,4)5)13-17(15)26-21(32)27-18-14-29(23(34)38-25(6,7)8)12-16(18)20(31)36-10-2/h15-18H,9-14H2,1-8H3,(H2,26,27,32)/t15-,16-,17+,18+/m1/s1. The van der Waals surface area contributed by atoms with Crippen molar-refractivity contribution >= 4 is 30.2 Å². The number of carbonyl (C=O) groups is 5. The number of rotatable bonds is 6. The lowest BCUT2D eigenvalue weighted by Gasteiger charge is -2.25. The van der Waals surface area contributed by atoms with Gasteiger partial charge in [0.15, 0.2) is 0 Å². The molecule has 0 bridgehead atoms. The van der Waals surface area contributed by atoms with E-state index in [0.29, 0.717) is 0 Å². The van der Waals surface area contributed by atoms with E-state index in [1.54, 1.807) is 55.4 Å².